The summed E-state index contributed by atoms with van der Waals surface area (Å²) in [4.78, 5) is 16.5. The number of benzene rings is 2. The van der Waals surface area contributed by atoms with E-state index in [4.69, 9.17) is 22.9 Å². The van der Waals surface area contributed by atoms with Gasteiger partial charge in [0.1, 0.15) is 0 Å². The second-order valence-corrected chi connectivity index (χ2v) is 6.87. The van der Waals surface area contributed by atoms with E-state index < -0.39 is 0 Å². The maximum absolute atomic E-state index is 5.82. The van der Waals surface area contributed by atoms with Gasteiger partial charge in [-0.25, -0.2) is 0 Å². The standard InChI is InChI=1S/C22H32N10/c23-19(31-21(25)29-17-11-5-3-6-12-17)27-15-9-1-2-10-16-28-20(24)32-22(26)30-18-13-7-4-8-14-18/h3-8,11-14H,1-2,9-10,15-16H2,(H5,23,25,27,29,31)(H5,24,26,28,30,32). The van der Waals surface area contributed by atoms with E-state index in [1.165, 1.54) is 0 Å². The number of anilines is 2. The van der Waals surface area contributed by atoms with Crippen LogP contribution in [-0.4, -0.2) is 36.9 Å². The van der Waals surface area contributed by atoms with Crippen molar-refractivity contribution >= 4 is 35.2 Å². The summed E-state index contributed by atoms with van der Waals surface area (Å²) in [6, 6.07) is 19.0. The monoisotopic (exact) mass is 436 g/mol. The molecule has 0 radical (unpaired) electrons. The van der Waals surface area contributed by atoms with Gasteiger partial charge in [-0.05, 0) is 37.1 Å². The minimum absolute atomic E-state index is 0.155. The van der Waals surface area contributed by atoms with E-state index in [0.29, 0.717) is 13.1 Å². The van der Waals surface area contributed by atoms with Crippen molar-refractivity contribution in [2.75, 3.05) is 23.7 Å². The molecule has 0 aliphatic carbocycles. The Morgan fingerprint density at radius 1 is 0.562 bits per heavy atom. The Balaban J connectivity index is 1.59. The third kappa shape index (κ3) is 10.6. The molecule has 0 aromatic heterocycles. The number of nitrogens with two attached hydrogens (primary N) is 4. The zero-order valence-corrected chi connectivity index (χ0v) is 18.1. The summed E-state index contributed by atoms with van der Waals surface area (Å²) in [5.41, 5.74) is 24.9. The Bertz CT molecular complexity index is 843. The van der Waals surface area contributed by atoms with E-state index in [1.807, 2.05) is 60.7 Å². The number of para-hydroxylation sites is 2. The quantitative estimate of drug-likeness (QED) is 0.199. The SMILES string of the molecule is NC(=NCCCCCCN=C(N)/N=C(\N)Nc1ccccc1)/N=C(\N)Nc1ccccc1. The summed E-state index contributed by atoms with van der Waals surface area (Å²) in [5, 5.41) is 5.91. The molecular formula is C22H32N10. The predicted octanol–water partition coefficient (Wildman–Crippen LogP) is 2.03. The van der Waals surface area contributed by atoms with E-state index in [9.17, 15) is 0 Å². The van der Waals surface area contributed by atoms with Crippen molar-refractivity contribution < 1.29 is 0 Å². The van der Waals surface area contributed by atoms with E-state index in [1.54, 1.807) is 0 Å². The first-order valence-corrected chi connectivity index (χ1v) is 10.5. The van der Waals surface area contributed by atoms with Crippen molar-refractivity contribution in [1.82, 2.24) is 0 Å². The lowest BCUT2D eigenvalue weighted by Crippen LogP contribution is -2.26. The molecule has 0 amide bonds. The van der Waals surface area contributed by atoms with Gasteiger partial charge >= 0.3 is 0 Å². The number of guanidine groups is 4. The minimum atomic E-state index is 0.155. The van der Waals surface area contributed by atoms with Crippen molar-refractivity contribution in [3.8, 4) is 0 Å². The Morgan fingerprint density at radius 3 is 1.31 bits per heavy atom. The van der Waals surface area contributed by atoms with Crippen LogP contribution in [0.25, 0.3) is 0 Å². The molecule has 10 heteroatoms. The predicted molar refractivity (Wildman–Crippen MR) is 135 cm³/mol. The highest BCUT2D eigenvalue weighted by Crippen LogP contribution is 2.05. The van der Waals surface area contributed by atoms with Crippen LogP contribution >= 0.6 is 0 Å². The third-order valence-electron chi connectivity index (χ3n) is 4.18. The summed E-state index contributed by atoms with van der Waals surface area (Å²) in [6.45, 7) is 1.18. The van der Waals surface area contributed by atoms with Gasteiger partial charge < -0.3 is 33.6 Å². The molecule has 0 aliphatic rings. The van der Waals surface area contributed by atoms with Gasteiger partial charge in [0, 0.05) is 24.5 Å². The van der Waals surface area contributed by atoms with Gasteiger partial charge in [-0.15, -0.1) is 0 Å². The second kappa shape index (κ2) is 14.0. The van der Waals surface area contributed by atoms with Gasteiger partial charge in [0.15, 0.2) is 0 Å². The number of unbranched alkanes of at least 4 members (excludes halogenated alkanes) is 3. The fraction of sp³-hybridized carbons (Fsp3) is 0.273. The molecule has 32 heavy (non-hydrogen) atoms. The summed E-state index contributed by atoms with van der Waals surface area (Å²) in [6.07, 6.45) is 3.78. The zero-order chi connectivity index (χ0) is 23.0. The molecule has 0 atom stereocenters. The maximum Gasteiger partial charge on any atom is 0.218 e. The molecule has 0 unspecified atom stereocenters. The number of nitrogens with zero attached hydrogens (tertiary/aromatic N) is 4. The highest BCUT2D eigenvalue weighted by Gasteiger charge is 1.97. The first-order chi connectivity index (χ1) is 15.5. The van der Waals surface area contributed by atoms with Crippen molar-refractivity contribution in [2.45, 2.75) is 25.7 Å². The molecule has 0 saturated carbocycles. The van der Waals surface area contributed by atoms with Gasteiger partial charge in [-0.3, -0.25) is 9.98 Å². The number of aliphatic imine (C=N–C) groups is 4. The van der Waals surface area contributed by atoms with E-state index >= 15 is 0 Å². The van der Waals surface area contributed by atoms with Crippen LogP contribution in [0, 0.1) is 0 Å². The lowest BCUT2D eigenvalue weighted by atomic mass is 10.2. The average molecular weight is 437 g/mol. The second-order valence-electron chi connectivity index (χ2n) is 6.87. The highest BCUT2D eigenvalue weighted by atomic mass is 15.2. The summed E-state index contributed by atoms with van der Waals surface area (Å²) < 4.78 is 0. The first kappa shape index (κ1) is 24.2. The topological polar surface area (TPSA) is 178 Å². The largest absolute Gasteiger partial charge is 0.369 e. The fourth-order valence-electron chi connectivity index (χ4n) is 2.68. The van der Waals surface area contributed by atoms with Crippen molar-refractivity contribution in [2.24, 2.45) is 42.9 Å². The molecular weight excluding hydrogens is 404 g/mol. The summed E-state index contributed by atoms with van der Waals surface area (Å²) in [7, 11) is 0. The van der Waals surface area contributed by atoms with E-state index in [0.717, 1.165) is 37.1 Å². The van der Waals surface area contributed by atoms with Crippen molar-refractivity contribution in [1.29, 1.82) is 0 Å². The number of rotatable bonds is 9. The van der Waals surface area contributed by atoms with Crippen LogP contribution in [-0.2, 0) is 0 Å². The number of hydrogen-bond acceptors (Lipinski definition) is 2. The molecule has 0 aliphatic heterocycles. The van der Waals surface area contributed by atoms with Crippen LogP contribution < -0.4 is 33.6 Å². The van der Waals surface area contributed by atoms with Gasteiger partial charge in [-0.2, -0.15) is 9.98 Å². The Morgan fingerprint density at radius 2 is 0.938 bits per heavy atom. The maximum atomic E-state index is 5.82. The number of nitrogens with one attached hydrogen (secondary N) is 2. The average Bonchev–Trinajstić information content (AvgIpc) is 2.76. The molecule has 0 fully saturated rings. The van der Waals surface area contributed by atoms with Crippen molar-refractivity contribution in [3.05, 3.63) is 60.7 Å². The van der Waals surface area contributed by atoms with E-state index in [-0.39, 0.29) is 23.8 Å². The van der Waals surface area contributed by atoms with Gasteiger partial charge in [0.05, 0.1) is 0 Å². The molecule has 10 N–H and O–H groups in total. The third-order valence-corrected chi connectivity index (χ3v) is 4.18. The van der Waals surface area contributed by atoms with Crippen LogP contribution in [0.5, 0.6) is 0 Å². The Kier molecular flexibility index (Phi) is 10.6. The van der Waals surface area contributed by atoms with Crippen molar-refractivity contribution in [3.63, 3.8) is 0 Å². The molecule has 2 aromatic carbocycles. The highest BCUT2D eigenvalue weighted by molar-refractivity contribution is 6.01. The lowest BCUT2D eigenvalue weighted by molar-refractivity contribution is 0.653. The molecule has 10 nitrogen and oxygen atoms in total. The van der Waals surface area contributed by atoms with Gasteiger partial charge in [0.2, 0.25) is 23.8 Å². The van der Waals surface area contributed by atoms with Crippen LogP contribution in [0.15, 0.2) is 80.6 Å². The zero-order valence-electron chi connectivity index (χ0n) is 18.1. The Hall–Kier alpha value is -4.08. The van der Waals surface area contributed by atoms with Crippen LogP contribution in [0.2, 0.25) is 0 Å². The first-order valence-electron chi connectivity index (χ1n) is 10.5. The van der Waals surface area contributed by atoms with E-state index in [2.05, 4.69) is 30.6 Å². The molecule has 0 heterocycles. The molecule has 0 saturated heterocycles. The van der Waals surface area contributed by atoms with Crippen LogP contribution in [0.4, 0.5) is 11.4 Å². The molecule has 0 spiro atoms. The lowest BCUT2D eigenvalue weighted by Gasteiger charge is -2.05. The van der Waals surface area contributed by atoms with Crippen LogP contribution in [0.1, 0.15) is 25.7 Å². The molecule has 2 aromatic rings. The molecule has 170 valence electrons. The summed E-state index contributed by atoms with van der Waals surface area (Å²) in [5.74, 6) is 0.719. The van der Waals surface area contributed by atoms with Crippen LogP contribution in [0.3, 0.4) is 0 Å². The smallest absolute Gasteiger partial charge is 0.218 e. The Labute approximate surface area is 188 Å². The fourth-order valence-corrected chi connectivity index (χ4v) is 2.68. The minimum Gasteiger partial charge on any atom is -0.369 e. The number of hydrogen-bond donors (Lipinski definition) is 6. The molecule has 2 rings (SSSR count). The summed E-state index contributed by atoms with van der Waals surface area (Å²) >= 11 is 0. The van der Waals surface area contributed by atoms with Gasteiger partial charge in [0.25, 0.3) is 0 Å². The van der Waals surface area contributed by atoms with Gasteiger partial charge in [-0.1, -0.05) is 49.2 Å². The normalized spacial score (nSPS) is 13.1. The molecule has 0 bridgehead atoms.